The van der Waals surface area contributed by atoms with Crippen LogP contribution < -0.4 is 5.73 Å². The number of H-pyrrole nitrogens is 3. The minimum absolute atomic E-state index is 0.536. The quantitative estimate of drug-likeness (QED) is 0.0902. The van der Waals surface area contributed by atoms with Crippen LogP contribution in [-0.2, 0) is 0 Å². The van der Waals surface area contributed by atoms with Gasteiger partial charge < -0.3 is 20.7 Å². The van der Waals surface area contributed by atoms with Gasteiger partial charge in [0.05, 0.1) is 16.6 Å². The Kier molecular flexibility index (Phi) is 3.42. The third-order valence-electron chi connectivity index (χ3n) is 6.46. The van der Waals surface area contributed by atoms with Crippen molar-refractivity contribution in [3.63, 3.8) is 0 Å². The first-order valence-electron chi connectivity index (χ1n) is 10.5. The van der Waals surface area contributed by atoms with Crippen molar-refractivity contribution in [2.45, 2.75) is 0 Å². The molecule has 0 unspecified atom stereocenters. The Morgan fingerprint density at radius 2 is 1.00 bits per heavy atom. The second kappa shape index (κ2) is 6.36. The van der Waals surface area contributed by atoms with Gasteiger partial charge in [0.1, 0.15) is 0 Å². The predicted octanol–water partition coefficient (Wildman–Crippen LogP) is 8.06. The van der Waals surface area contributed by atoms with E-state index in [0.29, 0.717) is 17.1 Å². The number of anilines is 1. The highest BCUT2D eigenvalue weighted by Crippen LogP contribution is 2.45. The van der Waals surface area contributed by atoms with E-state index in [0.717, 1.165) is 65.4 Å². The van der Waals surface area contributed by atoms with E-state index >= 15 is 0 Å². The average Bonchev–Trinajstić information content (AvgIpc) is 3.49. The molecule has 0 atom stereocenters. The number of rotatable bonds is 2. The lowest BCUT2D eigenvalue weighted by Crippen LogP contribution is -1.82. The third kappa shape index (κ3) is 2.29. The van der Waals surface area contributed by atoms with Crippen LogP contribution in [-0.4, -0.2) is 15.0 Å². The molecule has 0 saturated heterocycles. The lowest BCUT2D eigenvalue weighted by molar-refractivity contribution is 1.49. The Morgan fingerprint density at radius 1 is 0.588 bits per heavy atom. The molecule has 0 radical (unpaired) electrons. The van der Waals surface area contributed by atoms with Crippen LogP contribution in [0.4, 0.5) is 17.1 Å². The van der Waals surface area contributed by atoms with Gasteiger partial charge in [-0.15, -0.1) is 0 Å². The first-order valence-corrected chi connectivity index (χ1v) is 10.5. The van der Waals surface area contributed by atoms with Crippen LogP contribution >= 0.6 is 0 Å². The number of nitrogens with two attached hydrogens (primary N) is 1. The van der Waals surface area contributed by atoms with Gasteiger partial charge >= 0.3 is 0 Å². The van der Waals surface area contributed by atoms with E-state index in [1.54, 1.807) is 12.1 Å². The molecule has 0 aliphatic rings. The van der Waals surface area contributed by atoms with E-state index in [4.69, 9.17) is 16.8 Å². The molecule has 0 aliphatic carbocycles. The molecule has 3 aromatic heterocycles. The van der Waals surface area contributed by atoms with Gasteiger partial charge in [0.25, 0.3) is 0 Å². The highest BCUT2D eigenvalue weighted by molar-refractivity contribution is 6.38. The molecular formula is C24H14N10. The second-order valence-electron chi connectivity index (χ2n) is 8.27. The molecular weight excluding hydrogens is 428 g/mol. The molecule has 0 bridgehead atoms. The summed E-state index contributed by atoms with van der Waals surface area (Å²) in [7, 11) is 0. The van der Waals surface area contributed by atoms with Crippen LogP contribution in [0.3, 0.4) is 0 Å². The summed E-state index contributed by atoms with van der Waals surface area (Å²) in [6.07, 6.45) is 0. The Morgan fingerprint density at radius 3 is 1.44 bits per heavy atom. The Bertz CT molecular complexity index is 2030. The maximum absolute atomic E-state index is 8.94. The summed E-state index contributed by atoms with van der Waals surface area (Å²) in [5, 5.41) is 13.5. The zero-order valence-electron chi connectivity index (χ0n) is 17.5. The molecule has 3 heterocycles. The van der Waals surface area contributed by atoms with Crippen molar-refractivity contribution in [1.82, 2.24) is 15.0 Å². The molecule has 34 heavy (non-hydrogen) atoms. The molecule has 5 N–H and O–H groups in total. The monoisotopic (exact) mass is 442 g/mol. The molecule has 10 heteroatoms. The summed E-state index contributed by atoms with van der Waals surface area (Å²) in [5.41, 5.74) is 31.4. The highest BCUT2D eigenvalue weighted by Gasteiger charge is 2.21. The minimum Gasteiger partial charge on any atom is -0.399 e. The van der Waals surface area contributed by atoms with Crippen molar-refractivity contribution in [2.24, 2.45) is 10.2 Å². The van der Waals surface area contributed by atoms with Crippen molar-refractivity contribution in [3.8, 4) is 0 Å². The van der Waals surface area contributed by atoms with Crippen LogP contribution in [0.2, 0.25) is 0 Å². The van der Waals surface area contributed by atoms with E-state index in [1.165, 1.54) is 0 Å². The van der Waals surface area contributed by atoms with Gasteiger partial charge in [-0.2, -0.15) is 0 Å². The van der Waals surface area contributed by atoms with Gasteiger partial charge in [-0.25, -0.2) is 0 Å². The lowest BCUT2D eigenvalue weighted by atomic mass is 10.0. The van der Waals surface area contributed by atoms with Crippen LogP contribution in [0.25, 0.3) is 86.3 Å². The average molecular weight is 442 g/mol. The fourth-order valence-electron chi connectivity index (χ4n) is 5.14. The van der Waals surface area contributed by atoms with Gasteiger partial charge in [-0.3, -0.25) is 0 Å². The first kappa shape index (κ1) is 18.3. The summed E-state index contributed by atoms with van der Waals surface area (Å²) in [6, 6.07) is 17.0. The van der Waals surface area contributed by atoms with Crippen LogP contribution in [0.1, 0.15) is 0 Å². The number of fused-ring (bicyclic) bond motifs is 12. The normalized spacial score (nSPS) is 11.6. The number of aromatic nitrogens is 3. The minimum atomic E-state index is 0.536. The zero-order chi connectivity index (χ0) is 23.0. The summed E-state index contributed by atoms with van der Waals surface area (Å²) in [5.74, 6) is 0. The van der Waals surface area contributed by atoms with Gasteiger partial charge in [0, 0.05) is 75.8 Å². The standard InChI is InChI=1S/C24H14N10/c25-10-1-4-16-13(7-10)19-22(28-16)20-15-9-12(32-34-27)3-6-18(15)30-24(20)21-14-8-11(31-33-26)2-5-17(14)29-23(19)21/h1-9,28-30H,25H2. The predicted molar refractivity (Wildman–Crippen MR) is 137 cm³/mol. The second-order valence-corrected chi connectivity index (χ2v) is 8.27. The number of hydrogen-bond donors (Lipinski definition) is 4. The molecule has 7 aromatic rings. The van der Waals surface area contributed by atoms with Crippen LogP contribution in [0.5, 0.6) is 0 Å². The van der Waals surface area contributed by atoms with Crippen LogP contribution in [0.15, 0.2) is 64.8 Å². The van der Waals surface area contributed by atoms with E-state index in [9.17, 15) is 0 Å². The molecule has 0 aliphatic heterocycles. The van der Waals surface area contributed by atoms with E-state index in [1.807, 2.05) is 42.5 Å². The molecule has 0 amide bonds. The maximum atomic E-state index is 8.94. The third-order valence-corrected chi connectivity index (χ3v) is 6.46. The zero-order valence-corrected chi connectivity index (χ0v) is 17.5. The first-order chi connectivity index (χ1) is 16.7. The highest BCUT2D eigenvalue weighted by atomic mass is 15.1. The maximum Gasteiger partial charge on any atom is 0.0588 e. The topological polar surface area (TPSA) is 171 Å². The molecule has 10 nitrogen and oxygen atoms in total. The van der Waals surface area contributed by atoms with E-state index in [-0.39, 0.29) is 0 Å². The van der Waals surface area contributed by atoms with Crippen molar-refractivity contribution in [2.75, 3.05) is 5.73 Å². The van der Waals surface area contributed by atoms with Crippen molar-refractivity contribution in [3.05, 3.63) is 75.5 Å². The summed E-state index contributed by atoms with van der Waals surface area (Å²) in [6.45, 7) is 0. The molecule has 0 saturated carbocycles. The Hall–Kier alpha value is -5.30. The van der Waals surface area contributed by atoms with Gasteiger partial charge in [0.2, 0.25) is 0 Å². The fraction of sp³-hybridized carbons (Fsp3) is 0. The number of hydrogen-bond acceptors (Lipinski definition) is 3. The SMILES string of the molecule is [N-]=[N+]=Nc1ccc2[nH]c3c4c5cc(N)ccc5[nH]c4c4c5cc(N=[N+]=[N-])ccc5[nH]c4c3c2c1. The number of benzene rings is 4. The fourth-order valence-corrected chi connectivity index (χ4v) is 5.14. The van der Waals surface area contributed by atoms with Crippen LogP contribution in [0, 0.1) is 0 Å². The molecule has 160 valence electrons. The van der Waals surface area contributed by atoms with Gasteiger partial charge in [-0.05, 0) is 53.5 Å². The number of nitrogen functional groups attached to an aromatic ring is 1. The number of azide groups is 2. The summed E-state index contributed by atoms with van der Waals surface area (Å²) in [4.78, 5) is 16.6. The van der Waals surface area contributed by atoms with Gasteiger partial charge in [0.15, 0.2) is 0 Å². The molecule has 0 fully saturated rings. The molecule has 0 spiro atoms. The number of aromatic amines is 3. The van der Waals surface area contributed by atoms with Crippen molar-refractivity contribution < 1.29 is 0 Å². The smallest absolute Gasteiger partial charge is 0.0588 e. The summed E-state index contributed by atoms with van der Waals surface area (Å²) < 4.78 is 0. The van der Waals surface area contributed by atoms with Crippen molar-refractivity contribution >= 4 is 82.5 Å². The van der Waals surface area contributed by atoms with Crippen molar-refractivity contribution in [1.29, 1.82) is 0 Å². The molecule has 4 aromatic carbocycles. The van der Waals surface area contributed by atoms with Gasteiger partial charge in [-0.1, -0.05) is 22.4 Å². The Labute approximate surface area is 189 Å². The van der Waals surface area contributed by atoms with E-state index in [2.05, 4.69) is 35.0 Å². The number of nitrogens with one attached hydrogen (secondary N) is 3. The molecule has 7 rings (SSSR count). The number of nitrogens with zero attached hydrogens (tertiary/aromatic N) is 6. The summed E-state index contributed by atoms with van der Waals surface area (Å²) >= 11 is 0. The van der Waals surface area contributed by atoms with E-state index < -0.39 is 0 Å². The lowest BCUT2D eigenvalue weighted by Gasteiger charge is -2.01. The Balaban J connectivity index is 1.82. The largest absolute Gasteiger partial charge is 0.399 e.